The molecular formula is C21H35N3O3. The molecule has 0 saturated carbocycles. The number of aliphatic imine (C=N–C) groups is 1. The van der Waals surface area contributed by atoms with Gasteiger partial charge in [-0.1, -0.05) is 12.1 Å². The molecule has 0 spiro atoms. The minimum Gasteiger partial charge on any atom is -0.497 e. The van der Waals surface area contributed by atoms with Crippen molar-refractivity contribution in [3.05, 3.63) is 29.8 Å². The van der Waals surface area contributed by atoms with E-state index in [1.165, 1.54) is 5.56 Å². The molecule has 2 rings (SSSR count). The summed E-state index contributed by atoms with van der Waals surface area (Å²) >= 11 is 0. The normalized spacial score (nSPS) is 17.4. The Balaban J connectivity index is 1.74. The number of ether oxygens (including phenoxy) is 3. The Kier molecular flexibility index (Phi) is 10.0. The lowest BCUT2D eigenvalue weighted by molar-refractivity contribution is 0.0536. The van der Waals surface area contributed by atoms with E-state index in [9.17, 15) is 0 Å². The van der Waals surface area contributed by atoms with Crippen molar-refractivity contribution in [2.75, 3.05) is 60.2 Å². The first kappa shape index (κ1) is 21.5. The van der Waals surface area contributed by atoms with E-state index < -0.39 is 0 Å². The first-order valence-corrected chi connectivity index (χ1v) is 9.99. The number of likely N-dealkylation sites (tertiary alicyclic amines) is 1. The summed E-state index contributed by atoms with van der Waals surface area (Å²) in [4.78, 5) is 7.20. The Morgan fingerprint density at radius 2 is 2.04 bits per heavy atom. The third-order valence-corrected chi connectivity index (χ3v) is 4.75. The predicted molar refractivity (Wildman–Crippen MR) is 110 cm³/mol. The van der Waals surface area contributed by atoms with Crippen molar-refractivity contribution in [2.24, 2.45) is 10.9 Å². The van der Waals surface area contributed by atoms with Crippen molar-refractivity contribution in [1.82, 2.24) is 10.2 Å². The summed E-state index contributed by atoms with van der Waals surface area (Å²) in [6.07, 6.45) is 3.23. The van der Waals surface area contributed by atoms with Crippen LogP contribution in [0.4, 0.5) is 0 Å². The number of nitrogens with one attached hydrogen (secondary N) is 1. The minimum atomic E-state index is 0.574. The molecule has 1 saturated heterocycles. The van der Waals surface area contributed by atoms with E-state index in [-0.39, 0.29) is 0 Å². The first-order chi connectivity index (χ1) is 13.3. The second-order valence-electron chi connectivity index (χ2n) is 6.86. The van der Waals surface area contributed by atoms with Crippen molar-refractivity contribution in [2.45, 2.75) is 26.2 Å². The van der Waals surface area contributed by atoms with Crippen LogP contribution in [0.2, 0.25) is 0 Å². The predicted octanol–water partition coefficient (Wildman–Crippen LogP) is 2.58. The fourth-order valence-electron chi connectivity index (χ4n) is 3.24. The van der Waals surface area contributed by atoms with Gasteiger partial charge in [-0.3, -0.25) is 4.99 Å². The van der Waals surface area contributed by atoms with Crippen LogP contribution in [0.15, 0.2) is 29.3 Å². The van der Waals surface area contributed by atoms with E-state index in [1.807, 2.05) is 12.1 Å². The Bertz CT molecular complexity index is 548. The highest BCUT2D eigenvalue weighted by Gasteiger charge is 2.24. The van der Waals surface area contributed by atoms with Crippen LogP contribution < -0.4 is 10.1 Å². The average molecular weight is 378 g/mol. The largest absolute Gasteiger partial charge is 0.497 e. The van der Waals surface area contributed by atoms with Crippen LogP contribution in [0.1, 0.15) is 25.3 Å². The highest BCUT2D eigenvalue weighted by atomic mass is 16.5. The van der Waals surface area contributed by atoms with Gasteiger partial charge in [0.2, 0.25) is 0 Å². The molecule has 152 valence electrons. The van der Waals surface area contributed by atoms with Gasteiger partial charge in [0.1, 0.15) is 5.75 Å². The zero-order valence-corrected chi connectivity index (χ0v) is 17.1. The second kappa shape index (κ2) is 12.6. The van der Waals surface area contributed by atoms with E-state index >= 15 is 0 Å². The van der Waals surface area contributed by atoms with Gasteiger partial charge in [-0.15, -0.1) is 0 Å². The number of hydrogen-bond acceptors (Lipinski definition) is 4. The summed E-state index contributed by atoms with van der Waals surface area (Å²) in [7, 11) is 3.40. The first-order valence-electron chi connectivity index (χ1n) is 9.99. The number of rotatable bonds is 11. The number of guanidine groups is 1. The van der Waals surface area contributed by atoms with Gasteiger partial charge in [0.25, 0.3) is 0 Å². The SMILES string of the molecule is CCNC(=NCCCc1ccc(OC)cc1)N1CCC(COCCOC)C1. The third kappa shape index (κ3) is 7.77. The summed E-state index contributed by atoms with van der Waals surface area (Å²) in [6.45, 7) is 8.04. The summed E-state index contributed by atoms with van der Waals surface area (Å²) in [5.74, 6) is 2.51. The summed E-state index contributed by atoms with van der Waals surface area (Å²) < 4.78 is 15.9. The topological polar surface area (TPSA) is 55.3 Å². The molecule has 0 radical (unpaired) electrons. The molecule has 1 aromatic rings. The highest BCUT2D eigenvalue weighted by molar-refractivity contribution is 5.80. The number of hydrogen-bond donors (Lipinski definition) is 1. The second-order valence-corrected chi connectivity index (χ2v) is 6.86. The molecule has 1 aliphatic heterocycles. The monoisotopic (exact) mass is 377 g/mol. The quantitative estimate of drug-likeness (QED) is 0.365. The van der Waals surface area contributed by atoms with Crippen LogP contribution in [0.5, 0.6) is 5.75 Å². The van der Waals surface area contributed by atoms with Crippen LogP contribution in [-0.4, -0.2) is 71.1 Å². The zero-order valence-electron chi connectivity index (χ0n) is 17.1. The molecule has 27 heavy (non-hydrogen) atoms. The molecule has 1 aliphatic rings. The fraction of sp³-hybridized carbons (Fsp3) is 0.667. The summed E-state index contributed by atoms with van der Waals surface area (Å²) in [6, 6.07) is 8.29. The number of nitrogens with zero attached hydrogens (tertiary/aromatic N) is 2. The molecule has 1 heterocycles. The van der Waals surface area contributed by atoms with Crippen molar-refractivity contribution >= 4 is 5.96 Å². The van der Waals surface area contributed by atoms with E-state index in [4.69, 9.17) is 19.2 Å². The van der Waals surface area contributed by atoms with Gasteiger partial charge < -0.3 is 24.4 Å². The van der Waals surface area contributed by atoms with Crippen LogP contribution in [0, 0.1) is 5.92 Å². The van der Waals surface area contributed by atoms with Gasteiger partial charge in [0, 0.05) is 39.2 Å². The number of methoxy groups -OCH3 is 2. The lowest BCUT2D eigenvalue weighted by Gasteiger charge is -2.21. The van der Waals surface area contributed by atoms with Gasteiger partial charge in [-0.25, -0.2) is 0 Å². The lowest BCUT2D eigenvalue weighted by Crippen LogP contribution is -2.40. The molecule has 1 unspecified atom stereocenters. The van der Waals surface area contributed by atoms with Gasteiger partial charge in [0.05, 0.1) is 26.9 Å². The highest BCUT2D eigenvalue weighted by Crippen LogP contribution is 2.17. The van der Waals surface area contributed by atoms with Crippen molar-refractivity contribution in [3.63, 3.8) is 0 Å². The van der Waals surface area contributed by atoms with Crippen molar-refractivity contribution in [1.29, 1.82) is 0 Å². The molecule has 0 bridgehead atoms. The standard InChI is InChI=1S/C21H35N3O3/c1-4-22-21(24-13-11-19(16-24)17-27-15-14-25-2)23-12-5-6-18-7-9-20(26-3)10-8-18/h7-10,19H,4-6,11-17H2,1-3H3,(H,22,23). The summed E-state index contributed by atoms with van der Waals surface area (Å²) in [5, 5.41) is 3.43. The van der Waals surface area contributed by atoms with Crippen LogP contribution in [0.3, 0.4) is 0 Å². The number of benzene rings is 1. The van der Waals surface area contributed by atoms with Gasteiger partial charge in [0.15, 0.2) is 5.96 Å². The molecule has 1 atom stereocenters. The van der Waals surface area contributed by atoms with E-state index in [2.05, 4.69) is 29.3 Å². The minimum absolute atomic E-state index is 0.574. The molecular weight excluding hydrogens is 342 g/mol. The Hall–Kier alpha value is -1.79. The maximum absolute atomic E-state index is 5.69. The molecule has 1 aromatic carbocycles. The smallest absolute Gasteiger partial charge is 0.193 e. The van der Waals surface area contributed by atoms with Crippen LogP contribution in [-0.2, 0) is 15.9 Å². The molecule has 0 amide bonds. The van der Waals surface area contributed by atoms with E-state index in [0.29, 0.717) is 19.1 Å². The van der Waals surface area contributed by atoms with E-state index in [1.54, 1.807) is 14.2 Å². The molecule has 0 aromatic heterocycles. The van der Waals surface area contributed by atoms with Crippen molar-refractivity contribution < 1.29 is 14.2 Å². The molecule has 6 nitrogen and oxygen atoms in total. The molecule has 1 N–H and O–H groups in total. The fourth-order valence-corrected chi connectivity index (χ4v) is 3.24. The molecule has 1 fully saturated rings. The van der Waals surface area contributed by atoms with Crippen molar-refractivity contribution in [3.8, 4) is 5.75 Å². The Morgan fingerprint density at radius 3 is 2.74 bits per heavy atom. The Morgan fingerprint density at radius 1 is 1.22 bits per heavy atom. The van der Waals surface area contributed by atoms with Gasteiger partial charge >= 0.3 is 0 Å². The maximum atomic E-state index is 5.69. The third-order valence-electron chi connectivity index (χ3n) is 4.75. The van der Waals surface area contributed by atoms with Crippen LogP contribution >= 0.6 is 0 Å². The van der Waals surface area contributed by atoms with Gasteiger partial charge in [-0.2, -0.15) is 0 Å². The van der Waals surface area contributed by atoms with E-state index in [0.717, 1.165) is 63.8 Å². The number of aryl methyl sites for hydroxylation is 1. The maximum Gasteiger partial charge on any atom is 0.193 e. The molecule has 0 aliphatic carbocycles. The summed E-state index contributed by atoms with van der Waals surface area (Å²) in [5.41, 5.74) is 1.32. The lowest BCUT2D eigenvalue weighted by atomic mass is 10.1. The van der Waals surface area contributed by atoms with Gasteiger partial charge in [-0.05, 0) is 43.9 Å². The Labute approximate surface area is 163 Å². The van der Waals surface area contributed by atoms with Crippen LogP contribution in [0.25, 0.3) is 0 Å². The zero-order chi connectivity index (χ0) is 19.3. The molecule has 6 heteroatoms. The average Bonchev–Trinajstić information content (AvgIpc) is 3.17.